The maximum absolute atomic E-state index is 12.0. The lowest BCUT2D eigenvalue weighted by Gasteiger charge is -2.15. The Morgan fingerprint density at radius 2 is 2.04 bits per heavy atom. The Labute approximate surface area is 136 Å². The third-order valence-electron chi connectivity index (χ3n) is 3.87. The summed E-state index contributed by atoms with van der Waals surface area (Å²) in [4.78, 5) is 26.1. The van der Waals surface area contributed by atoms with Crippen molar-refractivity contribution < 1.29 is 19.7 Å². The molecule has 0 bridgehead atoms. The molecule has 1 aromatic carbocycles. The SMILES string of the molecule is O=c1[nH]c(=O)n([C@H]2C[C@H](O)[C@@H](CO)O2)cc1COc1ccccc1. The molecule has 1 fully saturated rings. The molecule has 3 N–H and O–H groups in total. The standard InChI is InChI=1S/C16H18N2O6/c19-8-13-12(20)6-14(24-13)18-7-10(15(21)17-16(18)22)9-23-11-4-2-1-3-5-11/h1-5,7,12-14,19-20H,6,8-9H2,(H,17,21,22)/t12-,13+,14+/m0/s1. The van der Waals surface area contributed by atoms with Crippen LogP contribution in [0.3, 0.4) is 0 Å². The molecule has 8 nitrogen and oxygen atoms in total. The van der Waals surface area contributed by atoms with Crippen molar-refractivity contribution in [2.45, 2.75) is 31.5 Å². The van der Waals surface area contributed by atoms with Gasteiger partial charge in [-0.3, -0.25) is 14.3 Å². The summed E-state index contributed by atoms with van der Waals surface area (Å²) in [5, 5.41) is 18.9. The van der Waals surface area contributed by atoms with Gasteiger partial charge in [-0.25, -0.2) is 4.79 Å². The molecular formula is C16H18N2O6. The summed E-state index contributed by atoms with van der Waals surface area (Å²) < 4.78 is 12.2. The van der Waals surface area contributed by atoms with Crippen LogP contribution in [0.5, 0.6) is 5.75 Å². The number of aliphatic hydroxyl groups excluding tert-OH is 2. The summed E-state index contributed by atoms with van der Waals surface area (Å²) in [6.07, 6.45) is -0.866. The maximum atomic E-state index is 12.0. The van der Waals surface area contributed by atoms with Crippen LogP contribution in [0.1, 0.15) is 18.2 Å². The molecule has 0 aliphatic carbocycles. The minimum Gasteiger partial charge on any atom is -0.489 e. The number of nitrogens with zero attached hydrogens (tertiary/aromatic N) is 1. The first-order valence-corrected chi connectivity index (χ1v) is 7.55. The van der Waals surface area contributed by atoms with E-state index >= 15 is 0 Å². The number of hydrogen-bond acceptors (Lipinski definition) is 6. The molecule has 2 aromatic rings. The Morgan fingerprint density at radius 3 is 2.71 bits per heavy atom. The van der Waals surface area contributed by atoms with Crippen molar-refractivity contribution in [3.8, 4) is 5.75 Å². The summed E-state index contributed by atoms with van der Waals surface area (Å²) in [5.41, 5.74) is -0.923. The second-order valence-electron chi connectivity index (χ2n) is 5.54. The lowest BCUT2D eigenvalue weighted by molar-refractivity contribution is -0.0460. The van der Waals surface area contributed by atoms with Gasteiger partial charge < -0.3 is 19.7 Å². The van der Waals surface area contributed by atoms with E-state index in [0.29, 0.717) is 5.75 Å². The van der Waals surface area contributed by atoms with Crippen LogP contribution in [0.25, 0.3) is 0 Å². The maximum Gasteiger partial charge on any atom is 0.330 e. The van der Waals surface area contributed by atoms with Crippen molar-refractivity contribution in [3.63, 3.8) is 0 Å². The molecule has 1 aliphatic heterocycles. The van der Waals surface area contributed by atoms with Crippen molar-refractivity contribution in [1.82, 2.24) is 9.55 Å². The number of hydrogen-bond donors (Lipinski definition) is 3. The zero-order valence-corrected chi connectivity index (χ0v) is 12.8. The quantitative estimate of drug-likeness (QED) is 0.695. The number of aliphatic hydroxyl groups is 2. The lowest BCUT2D eigenvalue weighted by atomic mass is 10.2. The fraction of sp³-hybridized carbons (Fsp3) is 0.375. The fourth-order valence-corrected chi connectivity index (χ4v) is 2.57. The summed E-state index contributed by atoms with van der Waals surface area (Å²) in [6.45, 7) is -0.363. The summed E-state index contributed by atoms with van der Waals surface area (Å²) >= 11 is 0. The highest BCUT2D eigenvalue weighted by Gasteiger charge is 2.35. The molecule has 0 spiro atoms. The van der Waals surface area contributed by atoms with Crippen molar-refractivity contribution >= 4 is 0 Å². The van der Waals surface area contributed by atoms with E-state index in [0.717, 1.165) is 0 Å². The van der Waals surface area contributed by atoms with Gasteiger partial charge in [-0.15, -0.1) is 0 Å². The average molecular weight is 334 g/mol. The van der Waals surface area contributed by atoms with Gasteiger partial charge in [0.05, 0.1) is 18.3 Å². The van der Waals surface area contributed by atoms with Crippen LogP contribution in [0.4, 0.5) is 0 Å². The van der Waals surface area contributed by atoms with E-state index in [2.05, 4.69) is 4.98 Å². The van der Waals surface area contributed by atoms with E-state index in [4.69, 9.17) is 14.6 Å². The molecule has 0 radical (unpaired) electrons. The first-order valence-electron chi connectivity index (χ1n) is 7.55. The minimum absolute atomic E-state index is 0.0155. The number of nitrogens with one attached hydrogen (secondary N) is 1. The predicted octanol–water partition coefficient (Wildman–Crippen LogP) is -0.244. The van der Waals surface area contributed by atoms with E-state index in [1.807, 2.05) is 18.2 Å². The lowest BCUT2D eigenvalue weighted by Crippen LogP contribution is -2.34. The largest absolute Gasteiger partial charge is 0.489 e. The molecule has 3 atom stereocenters. The first kappa shape index (κ1) is 16.4. The van der Waals surface area contributed by atoms with Crippen molar-refractivity contribution in [2.75, 3.05) is 6.61 Å². The van der Waals surface area contributed by atoms with Gasteiger partial charge in [0, 0.05) is 12.6 Å². The molecule has 8 heteroatoms. The molecule has 24 heavy (non-hydrogen) atoms. The van der Waals surface area contributed by atoms with Crippen molar-refractivity contribution in [1.29, 1.82) is 0 Å². The highest BCUT2D eigenvalue weighted by molar-refractivity contribution is 5.21. The monoisotopic (exact) mass is 334 g/mol. The van der Waals surface area contributed by atoms with Gasteiger partial charge in [0.2, 0.25) is 0 Å². The van der Waals surface area contributed by atoms with E-state index in [1.54, 1.807) is 12.1 Å². The van der Waals surface area contributed by atoms with E-state index in [-0.39, 0.29) is 25.2 Å². The minimum atomic E-state index is -0.872. The van der Waals surface area contributed by atoms with Gasteiger partial charge in [0.15, 0.2) is 0 Å². The number of rotatable bonds is 5. The number of aromatic nitrogens is 2. The van der Waals surface area contributed by atoms with E-state index < -0.39 is 29.7 Å². The van der Waals surface area contributed by atoms with Crippen LogP contribution in [0, 0.1) is 0 Å². The topological polar surface area (TPSA) is 114 Å². The summed E-state index contributed by atoms with van der Waals surface area (Å²) in [7, 11) is 0. The third kappa shape index (κ3) is 3.40. The van der Waals surface area contributed by atoms with Gasteiger partial charge in [0.1, 0.15) is 24.7 Å². The Hall–Kier alpha value is -2.42. The van der Waals surface area contributed by atoms with Gasteiger partial charge in [0.25, 0.3) is 5.56 Å². The molecule has 1 aliphatic rings. The molecule has 0 amide bonds. The van der Waals surface area contributed by atoms with Crippen LogP contribution >= 0.6 is 0 Å². The van der Waals surface area contributed by atoms with Crippen LogP contribution in [-0.2, 0) is 11.3 Å². The van der Waals surface area contributed by atoms with Crippen molar-refractivity contribution in [2.24, 2.45) is 0 Å². The second-order valence-corrected chi connectivity index (χ2v) is 5.54. The van der Waals surface area contributed by atoms with E-state index in [1.165, 1.54) is 10.8 Å². The Balaban J connectivity index is 1.81. The van der Waals surface area contributed by atoms with E-state index in [9.17, 15) is 14.7 Å². The number of aromatic amines is 1. The Bertz CT molecular complexity index is 800. The zero-order chi connectivity index (χ0) is 17.1. The van der Waals surface area contributed by atoms with Crippen LogP contribution in [0.2, 0.25) is 0 Å². The predicted molar refractivity (Wildman–Crippen MR) is 83.7 cm³/mol. The number of ether oxygens (including phenoxy) is 2. The highest BCUT2D eigenvalue weighted by Crippen LogP contribution is 2.27. The van der Waals surface area contributed by atoms with Gasteiger partial charge >= 0.3 is 5.69 Å². The molecular weight excluding hydrogens is 316 g/mol. The molecule has 1 saturated heterocycles. The molecule has 0 unspecified atom stereocenters. The third-order valence-corrected chi connectivity index (χ3v) is 3.87. The Morgan fingerprint density at radius 1 is 1.29 bits per heavy atom. The number of benzene rings is 1. The number of para-hydroxylation sites is 1. The second kappa shape index (κ2) is 7.00. The molecule has 128 valence electrons. The smallest absolute Gasteiger partial charge is 0.330 e. The van der Waals surface area contributed by atoms with Crippen LogP contribution in [-0.4, -0.2) is 38.6 Å². The zero-order valence-electron chi connectivity index (χ0n) is 12.8. The molecule has 2 heterocycles. The average Bonchev–Trinajstić information content (AvgIpc) is 2.95. The normalized spacial score (nSPS) is 23.3. The first-order chi connectivity index (χ1) is 11.6. The molecule has 1 aromatic heterocycles. The van der Waals surface area contributed by atoms with Gasteiger partial charge in [-0.2, -0.15) is 0 Å². The fourth-order valence-electron chi connectivity index (χ4n) is 2.57. The highest BCUT2D eigenvalue weighted by atomic mass is 16.5. The summed E-state index contributed by atoms with van der Waals surface area (Å²) in [5.74, 6) is 0.600. The van der Waals surface area contributed by atoms with Crippen LogP contribution < -0.4 is 16.0 Å². The van der Waals surface area contributed by atoms with Crippen molar-refractivity contribution in [3.05, 3.63) is 62.9 Å². The summed E-state index contributed by atoms with van der Waals surface area (Å²) in [6, 6.07) is 8.98. The molecule has 0 saturated carbocycles. The van der Waals surface area contributed by atoms with Crippen LogP contribution in [0.15, 0.2) is 46.1 Å². The van der Waals surface area contributed by atoms with Gasteiger partial charge in [-0.05, 0) is 12.1 Å². The van der Waals surface area contributed by atoms with Gasteiger partial charge in [-0.1, -0.05) is 18.2 Å². The Kier molecular flexibility index (Phi) is 4.79. The number of H-pyrrole nitrogens is 1. The molecule has 3 rings (SSSR count).